The highest BCUT2D eigenvalue weighted by Crippen LogP contribution is 2.28. The SMILES string of the molecule is CCNC(CS(=O)(=O)Cc1cccc(C)c1)C1CCCC1. The molecule has 4 heteroatoms. The first-order valence-electron chi connectivity index (χ1n) is 7.99. The van der Waals surface area contributed by atoms with Gasteiger partial charge in [-0.3, -0.25) is 0 Å². The Balaban J connectivity index is 2.03. The molecule has 0 heterocycles. The molecule has 0 saturated heterocycles. The van der Waals surface area contributed by atoms with Crippen LogP contribution in [0, 0.1) is 12.8 Å². The first-order chi connectivity index (χ1) is 10.00. The van der Waals surface area contributed by atoms with Crippen LogP contribution in [0.5, 0.6) is 0 Å². The van der Waals surface area contributed by atoms with E-state index in [-0.39, 0.29) is 17.5 Å². The van der Waals surface area contributed by atoms with E-state index >= 15 is 0 Å². The fourth-order valence-electron chi connectivity index (χ4n) is 3.37. The van der Waals surface area contributed by atoms with Crippen molar-refractivity contribution in [2.45, 2.75) is 51.3 Å². The summed E-state index contributed by atoms with van der Waals surface area (Å²) in [6.45, 7) is 4.88. The average Bonchev–Trinajstić information content (AvgIpc) is 2.91. The first-order valence-corrected chi connectivity index (χ1v) is 9.81. The summed E-state index contributed by atoms with van der Waals surface area (Å²) in [6.07, 6.45) is 4.81. The minimum Gasteiger partial charge on any atom is -0.313 e. The Kier molecular flexibility index (Phi) is 5.82. The maximum atomic E-state index is 12.5. The lowest BCUT2D eigenvalue weighted by Crippen LogP contribution is -2.41. The molecule has 1 aromatic rings. The number of sulfone groups is 1. The predicted molar refractivity (Wildman–Crippen MR) is 88.1 cm³/mol. The van der Waals surface area contributed by atoms with E-state index in [0.717, 1.165) is 30.5 Å². The van der Waals surface area contributed by atoms with Crippen LogP contribution in [0.25, 0.3) is 0 Å². The molecule has 1 unspecified atom stereocenters. The Morgan fingerprint density at radius 2 is 2.00 bits per heavy atom. The summed E-state index contributed by atoms with van der Waals surface area (Å²) < 4.78 is 25.0. The van der Waals surface area contributed by atoms with Crippen LogP contribution in [0.3, 0.4) is 0 Å². The molecular weight excluding hydrogens is 282 g/mol. The molecular formula is C17H27NO2S. The fraction of sp³-hybridized carbons (Fsp3) is 0.647. The number of benzene rings is 1. The van der Waals surface area contributed by atoms with Gasteiger partial charge in [-0.25, -0.2) is 8.42 Å². The minimum absolute atomic E-state index is 0.118. The summed E-state index contributed by atoms with van der Waals surface area (Å²) in [4.78, 5) is 0. The van der Waals surface area contributed by atoms with Gasteiger partial charge in [-0.1, -0.05) is 49.6 Å². The van der Waals surface area contributed by atoms with Crippen molar-refractivity contribution in [1.29, 1.82) is 0 Å². The molecule has 1 saturated carbocycles. The third-order valence-corrected chi connectivity index (χ3v) is 5.98. The number of hydrogen-bond acceptors (Lipinski definition) is 3. The molecule has 1 N–H and O–H groups in total. The number of aryl methyl sites for hydroxylation is 1. The van der Waals surface area contributed by atoms with Crippen molar-refractivity contribution in [2.24, 2.45) is 5.92 Å². The molecule has 0 aliphatic heterocycles. The van der Waals surface area contributed by atoms with Crippen molar-refractivity contribution in [2.75, 3.05) is 12.3 Å². The van der Waals surface area contributed by atoms with Crippen molar-refractivity contribution in [3.63, 3.8) is 0 Å². The van der Waals surface area contributed by atoms with Gasteiger partial charge in [0.15, 0.2) is 9.84 Å². The van der Waals surface area contributed by atoms with Crippen molar-refractivity contribution in [1.82, 2.24) is 5.32 Å². The summed E-state index contributed by atoms with van der Waals surface area (Å²) in [7, 11) is -3.07. The maximum absolute atomic E-state index is 12.5. The van der Waals surface area contributed by atoms with Gasteiger partial charge in [-0.2, -0.15) is 0 Å². The van der Waals surface area contributed by atoms with Crippen LogP contribution in [-0.2, 0) is 15.6 Å². The molecule has 0 bridgehead atoms. The summed E-state index contributed by atoms with van der Waals surface area (Å²) in [5.41, 5.74) is 2.01. The molecule has 1 aliphatic carbocycles. The van der Waals surface area contributed by atoms with E-state index < -0.39 is 9.84 Å². The van der Waals surface area contributed by atoms with E-state index in [9.17, 15) is 8.42 Å². The second kappa shape index (κ2) is 7.41. The van der Waals surface area contributed by atoms with Crippen LogP contribution in [0.1, 0.15) is 43.7 Å². The molecule has 1 fully saturated rings. The Hall–Kier alpha value is -0.870. The van der Waals surface area contributed by atoms with E-state index in [1.165, 1.54) is 12.8 Å². The highest BCUT2D eigenvalue weighted by molar-refractivity contribution is 7.90. The largest absolute Gasteiger partial charge is 0.313 e. The standard InChI is InChI=1S/C17H27NO2S/c1-3-18-17(16-9-4-5-10-16)13-21(19,20)12-15-8-6-7-14(2)11-15/h6-8,11,16-18H,3-5,9-10,12-13H2,1-2H3. The predicted octanol–water partition coefficient (Wildman–Crippen LogP) is 3.08. The Morgan fingerprint density at radius 1 is 1.29 bits per heavy atom. The van der Waals surface area contributed by atoms with E-state index in [1.54, 1.807) is 0 Å². The van der Waals surface area contributed by atoms with Crippen LogP contribution in [-0.4, -0.2) is 26.8 Å². The quantitative estimate of drug-likeness (QED) is 0.842. The van der Waals surface area contributed by atoms with Crippen molar-refractivity contribution >= 4 is 9.84 Å². The van der Waals surface area contributed by atoms with Gasteiger partial charge in [-0.15, -0.1) is 0 Å². The van der Waals surface area contributed by atoms with E-state index in [4.69, 9.17) is 0 Å². The van der Waals surface area contributed by atoms with Crippen LogP contribution >= 0.6 is 0 Å². The minimum atomic E-state index is -3.07. The van der Waals surface area contributed by atoms with E-state index in [2.05, 4.69) is 12.2 Å². The fourth-order valence-corrected chi connectivity index (χ4v) is 5.11. The first kappa shape index (κ1) is 16.5. The third kappa shape index (κ3) is 5.11. The zero-order valence-electron chi connectivity index (χ0n) is 13.1. The third-order valence-electron chi connectivity index (χ3n) is 4.34. The monoisotopic (exact) mass is 309 g/mol. The van der Waals surface area contributed by atoms with Gasteiger partial charge in [0.1, 0.15) is 0 Å². The smallest absolute Gasteiger partial charge is 0.155 e. The van der Waals surface area contributed by atoms with Gasteiger partial charge < -0.3 is 5.32 Å². The summed E-state index contributed by atoms with van der Waals surface area (Å²) in [6, 6.07) is 7.92. The normalized spacial score (nSPS) is 18.0. The second-order valence-corrected chi connectivity index (χ2v) is 8.36. The molecule has 1 aliphatic rings. The molecule has 0 amide bonds. The number of nitrogens with one attached hydrogen (secondary N) is 1. The van der Waals surface area contributed by atoms with Crippen molar-refractivity contribution in [3.8, 4) is 0 Å². The van der Waals surface area contributed by atoms with Crippen molar-refractivity contribution in [3.05, 3.63) is 35.4 Å². The lowest BCUT2D eigenvalue weighted by atomic mass is 10.00. The Labute approximate surface area is 129 Å². The van der Waals surface area contributed by atoms with Crippen LogP contribution in [0.15, 0.2) is 24.3 Å². The Morgan fingerprint density at radius 3 is 2.62 bits per heavy atom. The van der Waals surface area contributed by atoms with E-state index in [1.807, 2.05) is 31.2 Å². The Bertz CT molecular complexity index is 548. The highest BCUT2D eigenvalue weighted by atomic mass is 32.2. The van der Waals surface area contributed by atoms with Gasteiger partial charge in [-0.05, 0) is 37.8 Å². The number of hydrogen-bond donors (Lipinski definition) is 1. The second-order valence-electron chi connectivity index (χ2n) is 6.25. The molecule has 0 spiro atoms. The molecule has 1 aromatic carbocycles. The summed E-state index contributed by atoms with van der Waals surface area (Å²) >= 11 is 0. The van der Waals surface area contributed by atoms with Gasteiger partial charge in [0.25, 0.3) is 0 Å². The lowest BCUT2D eigenvalue weighted by molar-refractivity contribution is 0.388. The van der Waals surface area contributed by atoms with Crippen LogP contribution in [0.2, 0.25) is 0 Å². The van der Waals surface area contributed by atoms with E-state index in [0.29, 0.717) is 5.92 Å². The van der Waals surface area contributed by atoms with Gasteiger partial charge in [0, 0.05) is 6.04 Å². The highest BCUT2D eigenvalue weighted by Gasteiger charge is 2.28. The van der Waals surface area contributed by atoms with Crippen LogP contribution < -0.4 is 5.32 Å². The zero-order chi connectivity index (χ0) is 15.3. The molecule has 0 aromatic heterocycles. The average molecular weight is 309 g/mol. The molecule has 0 radical (unpaired) electrons. The van der Waals surface area contributed by atoms with Crippen molar-refractivity contribution < 1.29 is 8.42 Å². The molecule has 118 valence electrons. The van der Waals surface area contributed by atoms with Crippen LogP contribution in [0.4, 0.5) is 0 Å². The van der Waals surface area contributed by atoms with Gasteiger partial charge >= 0.3 is 0 Å². The molecule has 2 rings (SSSR count). The van der Waals surface area contributed by atoms with Gasteiger partial charge in [0.05, 0.1) is 11.5 Å². The van der Waals surface area contributed by atoms with Gasteiger partial charge in [0.2, 0.25) is 0 Å². The molecule has 1 atom stereocenters. The molecule has 21 heavy (non-hydrogen) atoms. The summed E-state index contributed by atoms with van der Waals surface area (Å²) in [5, 5.41) is 3.40. The summed E-state index contributed by atoms with van der Waals surface area (Å²) in [5.74, 6) is 0.945. The zero-order valence-corrected chi connectivity index (χ0v) is 14.0. The topological polar surface area (TPSA) is 46.2 Å². The lowest BCUT2D eigenvalue weighted by Gasteiger charge is -2.24. The maximum Gasteiger partial charge on any atom is 0.155 e. The molecule has 3 nitrogen and oxygen atoms in total. The number of rotatable bonds is 7.